The molecule has 0 aromatic carbocycles. The average Bonchev–Trinajstić information content (AvgIpc) is 2.30. The van der Waals surface area contributed by atoms with Crippen molar-refractivity contribution >= 4 is 0 Å². The lowest BCUT2D eigenvalue weighted by Crippen LogP contribution is -2.49. The minimum Gasteiger partial charge on any atom is -0.379 e. The second kappa shape index (κ2) is 6.17. The number of nitrogens with one attached hydrogen (secondary N) is 1. The van der Waals surface area contributed by atoms with Crippen LogP contribution in [-0.2, 0) is 4.74 Å². The normalized spacial score (nSPS) is 36.0. The molecule has 0 aromatic heterocycles. The van der Waals surface area contributed by atoms with Gasteiger partial charge in [0.2, 0.25) is 0 Å². The van der Waals surface area contributed by atoms with Crippen molar-refractivity contribution in [1.29, 1.82) is 0 Å². The Morgan fingerprint density at radius 1 is 1.35 bits per heavy atom. The molecule has 1 saturated heterocycles. The zero-order chi connectivity index (χ0) is 12.1. The lowest BCUT2D eigenvalue weighted by atomic mass is 9.69. The first-order valence-corrected chi connectivity index (χ1v) is 7.19. The lowest BCUT2D eigenvalue weighted by molar-refractivity contribution is 0.00249. The number of ether oxygens (including phenoxy) is 1. The van der Waals surface area contributed by atoms with Crippen molar-refractivity contribution in [2.75, 3.05) is 46.4 Å². The standard InChI is InChI=1S/C14H28N2O/c1-13-4-3-5-14(10-13,11-15-2)12-16-6-8-17-9-7-16/h13,15H,3-12H2,1-2H3. The summed E-state index contributed by atoms with van der Waals surface area (Å²) in [5.41, 5.74) is 0.518. The molecular weight excluding hydrogens is 212 g/mol. The van der Waals surface area contributed by atoms with Gasteiger partial charge in [0.25, 0.3) is 0 Å². The Balaban J connectivity index is 1.94. The van der Waals surface area contributed by atoms with E-state index in [0.717, 1.165) is 32.2 Å². The summed E-state index contributed by atoms with van der Waals surface area (Å²) in [6, 6.07) is 0. The van der Waals surface area contributed by atoms with Crippen LogP contribution in [0.2, 0.25) is 0 Å². The highest BCUT2D eigenvalue weighted by molar-refractivity contribution is 4.90. The second-order valence-corrected chi connectivity index (χ2v) is 6.12. The second-order valence-electron chi connectivity index (χ2n) is 6.12. The first-order valence-electron chi connectivity index (χ1n) is 7.19. The van der Waals surface area contributed by atoms with Crippen LogP contribution in [0.3, 0.4) is 0 Å². The molecule has 3 heteroatoms. The van der Waals surface area contributed by atoms with Gasteiger partial charge in [-0.15, -0.1) is 0 Å². The Kier molecular flexibility index (Phi) is 4.83. The van der Waals surface area contributed by atoms with Crippen molar-refractivity contribution in [1.82, 2.24) is 10.2 Å². The lowest BCUT2D eigenvalue weighted by Gasteiger charge is -2.44. The van der Waals surface area contributed by atoms with Gasteiger partial charge in [0.1, 0.15) is 0 Å². The first-order chi connectivity index (χ1) is 8.24. The molecule has 100 valence electrons. The van der Waals surface area contributed by atoms with Crippen LogP contribution in [0.5, 0.6) is 0 Å². The van der Waals surface area contributed by atoms with E-state index in [2.05, 4.69) is 24.2 Å². The van der Waals surface area contributed by atoms with E-state index in [1.807, 2.05) is 0 Å². The molecule has 2 aliphatic rings. The van der Waals surface area contributed by atoms with Crippen LogP contribution in [0.4, 0.5) is 0 Å². The van der Waals surface area contributed by atoms with Crippen LogP contribution in [0, 0.1) is 11.3 Å². The predicted molar refractivity (Wildman–Crippen MR) is 71.3 cm³/mol. The topological polar surface area (TPSA) is 24.5 Å². The Bertz CT molecular complexity index is 224. The minimum atomic E-state index is 0.518. The summed E-state index contributed by atoms with van der Waals surface area (Å²) in [5.74, 6) is 0.901. The van der Waals surface area contributed by atoms with Gasteiger partial charge in [-0.2, -0.15) is 0 Å². The zero-order valence-corrected chi connectivity index (χ0v) is 11.5. The van der Waals surface area contributed by atoms with Crippen LogP contribution in [0.25, 0.3) is 0 Å². The summed E-state index contributed by atoms with van der Waals surface area (Å²) < 4.78 is 5.45. The Morgan fingerprint density at radius 3 is 2.76 bits per heavy atom. The van der Waals surface area contributed by atoms with E-state index in [9.17, 15) is 0 Å². The Hall–Kier alpha value is -0.120. The number of rotatable bonds is 4. The van der Waals surface area contributed by atoms with Crippen molar-refractivity contribution in [3.8, 4) is 0 Å². The molecule has 2 atom stereocenters. The van der Waals surface area contributed by atoms with Crippen molar-refractivity contribution in [2.24, 2.45) is 11.3 Å². The molecule has 0 bridgehead atoms. The quantitative estimate of drug-likeness (QED) is 0.810. The van der Waals surface area contributed by atoms with Crippen LogP contribution in [0.15, 0.2) is 0 Å². The summed E-state index contributed by atoms with van der Waals surface area (Å²) in [6.07, 6.45) is 5.63. The molecule has 1 aliphatic heterocycles. The van der Waals surface area contributed by atoms with Gasteiger partial charge in [-0.3, -0.25) is 4.90 Å². The third-order valence-electron chi connectivity index (χ3n) is 4.40. The van der Waals surface area contributed by atoms with Crippen LogP contribution in [0.1, 0.15) is 32.6 Å². The fourth-order valence-electron chi connectivity index (χ4n) is 3.74. The van der Waals surface area contributed by atoms with E-state index in [1.54, 1.807) is 0 Å². The molecule has 17 heavy (non-hydrogen) atoms. The molecule has 2 fully saturated rings. The minimum absolute atomic E-state index is 0.518. The number of hydrogen-bond donors (Lipinski definition) is 1. The van der Waals surface area contributed by atoms with Crippen molar-refractivity contribution < 1.29 is 4.74 Å². The van der Waals surface area contributed by atoms with Gasteiger partial charge >= 0.3 is 0 Å². The third-order valence-corrected chi connectivity index (χ3v) is 4.40. The average molecular weight is 240 g/mol. The Labute approximate surface area is 106 Å². The van der Waals surface area contributed by atoms with E-state index < -0.39 is 0 Å². The van der Waals surface area contributed by atoms with Gasteiger partial charge in [-0.25, -0.2) is 0 Å². The summed E-state index contributed by atoms with van der Waals surface area (Å²) in [6.45, 7) is 8.95. The SMILES string of the molecule is CNCC1(CN2CCOCC2)CCCC(C)C1. The summed E-state index contributed by atoms with van der Waals surface area (Å²) in [7, 11) is 2.10. The molecule has 1 heterocycles. The summed E-state index contributed by atoms with van der Waals surface area (Å²) in [5, 5.41) is 3.43. The van der Waals surface area contributed by atoms with E-state index in [1.165, 1.54) is 38.8 Å². The van der Waals surface area contributed by atoms with Crippen LogP contribution >= 0.6 is 0 Å². The maximum Gasteiger partial charge on any atom is 0.0594 e. The molecular formula is C14H28N2O. The van der Waals surface area contributed by atoms with Gasteiger partial charge in [0, 0.05) is 26.2 Å². The smallest absolute Gasteiger partial charge is 0.0594 e. The molecule has 0 amide bonds. The largest absolute Gasteiger partial charge is 0.379 e. The predicted octanol–water partition coefficient (Wildman–Crippen LogP) is 1.73. The summed E-state index contributed by atoms with van der Waals surface area (Å²) >= 11 is 0. The fraction of sp³-hybridized carbons (Fsp3) is 1.00. The van der Waals surface area contributed by atoms with Gasteiger partial charge < -0.3 is 10.1 Å². The van der Waals surface area contributed by atoms with Gasteiger partial charge in [0.05, 0.1) is 13.2 Å². The number of nitrogens with zero attached hydrogens (tertiary/aromatic N) is 1. The molecule has 2 unspecified atom stereocenters. The Morgan fingerprint density at radius 2 is 2.12 bits per heavy atom. The van der Waals surface area contributed by atoms with Crippen LogP contribution < -0.4 is 5.32 Å². The molecule has 2 rings (SSSR count). The number of hydrogen-bond acceptors (Lipinski definition) is 3. The molecule has 1 saturated carbocycles. The third kappa shape index (κ3) is 3.67. The van der Waals surface area contributed by atoms with E-state index >= 15 is 0 Å². The highest BCUT2D eigenvalue weighted by Crippen LogP contribution is 2.39. The molecule has 1 aliphatic carbocycles. The first kappa shape index (κ1) is 13.3. The van der Waals surface area contributed by atoms with E-state index in [-0.39, 0.29) is 0 Å². The van der Waals surface area contributed by atoms with E-state index in [4.69, 9.17) is 4.74 Å². The molecule has 0 aromatic rings. The summed E-state index contributed by atoms with van der Waals surface area (Å²) in [4.78, 5) is 2.61. The highest BCUT2D eigenvalue weighted by atomic mass is 16.5. The van der Waals surface area contributed by atoms with Gasteiger partial charge in [-0.05, 0) is 31.2 Å². The maximum atomic E-state index is 5.45. The van der Waals surface area contributed by atoms with Gasteiger partial charge in [0.15, 0.2) is 0 Å². The maximum absolute atomic E-state index is 5.45. The van der Waals surface area contributed by atoms with E-state index in [0.29, 0.717) is 5.41 Å². The van der Waals surface area contributed by atoms with Crippen molar-refractivity contribution in [3.05, 3.63) is 0 Å². The fourth-order valence-corrected chi connectivity index (χ4v) is 3.74. The number of morpholine rings is 1. The van der Waals surface area contributed by atoms with Crippen molar-refractivity contribution in [3.63, 3.8) is 0 Å². The monoisotopic (exact) mass is 240 g/mol. The van der Waals surface area contributed by atoms with Crippen LogP contribution in [-0.4, -0.2) is 51.3 Å². The van der Waals surface area contributed by atoms with Gasteiger partial charge in [-0.1, -0.05) is 19.8 Å². The van der Waals surface area contributed by atoms with Crippen molar-refractivity contribution in [2.45, 2.75) is 32.6 Å². The highest BCUT2D eigenvalue weighted by Gasteiger charge is 2.36. The molecule has 3 nitrogen and oxygen atoms in total. The molecule has 0 radical (unpaired) electrons. The molecule has 1 N–H and O–H groups in total. The molecule has 0 spiro atoms. The zero-order valence-electron chi connectivity index (χ0n) is 11.5.